The van der Waals surface area contributed by atoms with Gasteiger partial charge in [0.05, 0.1) is 7.11 Å². The Balaban J connectivity index is 2.05. The maximum Gasteiger partial charge on any atom is 0.257 e. The molecule has 2 rings (SSSR count). The Hall–Kier alpha value is -1.95. The van der Waals surface area contributed by atoms with Crippen molar-refractivity contribution < 1.29 is 9.53 Å². The van der Waals surface area contributed by atoms with Crippen molar-refractivity contribution in [3.63, 3.8) is 0 Å². The van der Waals surface area contributed by atoms with Crippen LogP contribution in [0.1, 0.15) is 48.0 Å². The van der Waals surface area contributed by atoms with Gasteiger partial charge in [-0.15, -0.1) is 10.2 Å². The summed E-state index contributed by atoms with van der Waals surface area (Å²) in [7, 11) is 1.59. The number of rotatable bonds is 6. The molecule has 0 saturated heterocycles. The molecule has 0 bridgehead atoms. The van der Waals surface area contributed by atoms with Gasteiger partial charge in [-0.2, -0.15) is 0 Å². The summed E-state index contributed by atoms with van der Waals surface area (Å²) in [6.07, 6.45) is 2.05. The van der Waals surface area contributed by atoms with Crippen LogP contribution in [0.15, 0.2) is 24.3 Å². The molecule has 0 aliphatic carbocycles. The molecule has 1 heterocycles. The Labute approximate surface area is 128 Å². The van der Waals surface area contributed by atoms with E-state index in [2.05, 4.69) is 29.4 Å². The number of hydrogen-bond acceptors (Lipinski definition) is 5. The van der Waals surface area contributed by atoms with E-state index in [1.165, 1.54) is 11.3 Å². The predicted molar refractivity (Wildman–Crippen MR) is 84.2 cm³/mol. The number of aromatic nitrogens is 2. The zero-order chi connectivity index (χ0) is 15.2. The van der Waals surface area contributed by atoms with E-state index in [9.17, 15) is 4.79 Å². The number of ether oxygens (including phenoxy) is 1. The fraction of sp³-hybridized carbons (Fsp3) is 0.400. The Bertz CT molecular complexity index is 591. The van der Waals surface area contributed by atoms with E-state index in [0.717, 1.165) is 23.6 Å². The van der Waals surface area contributed by atoms with Crippen molar-refractivity contribution in [1.29, 1.82) is 0 Å². The van der Waals surface area contributed by atoms with Crippen LogP contribution in [0.2, 0.25) is 0 Å². The van der Waals surface area contributed by atoms with Crippen LogP contribution in [0.4, 0.5) is 5.13 Å². The van der Waals surface area contributed by atoms with Gasteiger partial charge in [-0.25, -0.2) is 0 Å². The van der Waals surface area contributed by atoms with Crippen LogP contribution >= 0.6 is 11.3 Å². The largest absolute Gasteiger partial charge is 0.497 e. The Morgan fingerprint density at radius 3 is 2.48 bits per heavy atom. The molecule has 0 spiro atoms. The molecule has 5 nitrogen and oxygen atoms in total. The molecule has 0 aliphatic rings. The minimum Gasteiger partial charge on any atom is -0.497 e. The average Bonchev–Trinajstić information content (AvgIpc) is 2.97. The predicted octanol–water partition coefficient (Wildman–Crippen LogP) is 3.70. The number of benzene rings is 1. The minimum absolute atomic E-state index is 0.190. The highest BCUT2D eigenvalue weighted by atomic mass is 32.1. The molecule has 21 heavy (non-hydrogen) atoms. The molecule has 6 heteroatoms. The normalized spacial score (nSPS) is 10.7. The summed E-state index contributed by atoms with van der Waals surface area (Å²) in [5, 5.41) is 12.5. The molecular formula is C15H19N3O2S. The summed E-state index contributed by atoms with van der Waals surface area (Å²) in [5.74, 6) is 0.942. The first-order chi connectivity index (χ1) is 10.2. The number of amides is 1. The fourth-order valence-electron chi connectivity index (χ4n) is 2.00. The highest BCUT2D eigenvalue weighted by Crippen LogP contribution is 2.28. The van der Waals surface area contributed by atoms with Crippen molar-refractivity contribution in [1.82, 2.24) is 10.2 Å². The Morgan fingerprint density at radius 1 is 1.24 bits per heavy atom. The van der Waals surface area contributed by atoms with Crippen LogP contribution < -0.4 is 10.1 Å². The summed E-state index contributed by atoms with van der Waals surface area (Å²) in [6.45, 7) is 4.26. The van der Waals surface area contributed by atoms with E-state index >= 15 is 0 Å². The molecule has 0 atom stereocenters. The quantitative estimate of drug-likeness (QED) is 0.883. The van der Waals surface area contributed by atoms with Crippen LogP contribution in [0.3, 0.4) is 0 Å². The summed E-state index contributed by atoms with van der Waals surface area (Å²) < 4.78 is 5.07. The number of methoxy groups -OCH3 is 1. The molecule has 0 saturated carbocycles. The third-order valence-electron chi connectivity index (χ3n) is 3.35. The minimum atomic E-state index is -0.190. The zero-order valence-corrected chi connectivity index (χ0v) is 13.2. The van der Waals surface area contributed by atoms with Gasteiger partial charge in [0.15, 0.2) is 0 Å². The number of carbonyl (C=O) groups excluding carboxylic acids is 1. The molecule has 112 valence electrons. The number of hydrogen-bond donors (Lipinski definition) is 1. The van der Waals surface area contributed by atoms with Crippen LogP contribution in [0, 0.1) is 0 Å². The smallest absolute Gasteiger partial charge is 0.257 e. The molecule has 1 aromatic heterocycles. The third kappa shape index (κ3) is 3.78. The van der Waals surface area contributed by atoms with E-state index in [1.54, 1.807) is 31.4 Å². The highest BCUT2D eigenvalue weighted by Gasteiger charge is 2.15. The first kappa shape index (κ1) is 15.4. The molecule has 0 fully saturated rings. The monoisotopic (exact) mass is 305 g/mol. The van der Waals surface area contributed by atoms with Crippen LogP contribution in [-0.4, -0.2) is 23.2 Å². The van der Waals surface area contributed by atoms with Crippen molar-refractivity contribution in [3.05, 3.63) is 34.8 Å². The van der Waals surface area contributed by atoms with E-state index in [0.29, 0.717) is 16.6 Å². The fourth-order valence-corrected chi connectivity index (χ4v) is 3.00. The van der Waals surface area contributed by atoms with Gasteiger partial charge in [0.25, 0.3) is 5.91 Å². The van der Waals surface area contributed by atoms with Gasteiger partial charge in [-0.1, -0.05) is 25.2 Å². The Kier molecular flexibility index (Phi) is 5.27. The summed E-state index contributed by atoms with van der Waals surface area (Å²) in [5.41, 5.74) is 0.565. The number of nitrogens with one attached hydrogen (secondary N) is 1. The lowest BCUT2D eigenvalue weighted by atomic mass is 10.1. The maximum absolute atomic E-state index is 12.1. The van der Waals surface area contributed by atoms with Gasteiger partial charge < -0.3 is 4.74 Å². The van der Waals surface area contributed by atoms with Crippen LogP contribution in [0.25, 0.3) is 0 Å². The first-order valence-electron chi connectivity index (χ1n) is 6.96. The van der Waals surface area contributed by atoms with Crippen LogP contribution in [0.5, 0.6) is 5.75 Å². The summed E-state index contributed by atoms with van der Waals surface area (Å²) in [4.78, 5) is 12.1. The first-order valence-corrected chi connectivity index (χ1v) is 7.78. The lowest BCUT2D eigenvalue weighted by Gasteiger charge is -2.06. The topological polar surface area (TPSA) is 64.1 Å². The second-order valence-electron chi connectivity index (χ2n) is 4.64. The summed E-state index contributed by atoms with van der Waals surface area (Å²) in [6, 6.07) is 6.95. The zero-order valence-electron chi connectivity index (χ0n) is 12.4. The molecule has 1 aromatic carbocycles. The lowest BCUT2D eigenvalue weighted by Crippen LogP contribution is -2.11. The maximum atomic E-state index is 12.1. The van der Waals surface area contributed by atoms with Crippen molar-refractivity contribution in [2.75, 3.05) is 12.4 Å². The third-order valence-corrected chi connectivity index (χ3v) is 4.35. The molecule has 2 aromatic rings. The molecule has 1 amide bonds. The standard InChI is InChI=1S/C15H19N3O2S/c1-4-10(5-2)14-17-18-15(21-14)16-13(19)11-6-8-12(20-3)9-7-11/h6-10H,4-5H2,1-3H3,(H,16,18,19). The number of nitrogens with zero attached hydrogens (tertiary/aromatic N) is 2. The van der Waals surface area contributed by atoms with E-state index < -0.39 is 0 Å². The molecular weight excluding hydrogens is 286 g/mol. The van der Waals surface area contributed by atoms with Gasteiger partial charge in [-0.3, -0.25) is 10.1 Å². The van der Waals surface area contributed by atoms with Crippen molar-refractivity contribution in [2.45, 2.75) is 32.6 Å². The van der Waals surface area contributed by atoms with Gasteiger partial charge in [0.2, 0.25) is 5.13 Å². The lowest BCUT2D eigenvalue weighted by molar-refractivity contribution is 0.102. The van der Waals surface area contributed by atoms with Crippen molar-refractivity contribution >= 4 is 22.4 Å². The van der Waals surface area contributed by atoms with E-state index in [-0.39, 0.29) is 5.91 Å². The second-order valence-corrected chi connectivity index (χ2v) is 5.65. The van der Waals surface area contributed by atoms with E-state index in [1.807, 2.05) is 0 Å². The van der Waals surface area contributed by atoms with Crippen LogP contribution in [-0.2, 0) is 0 Å². The summed E-state index contributed by atoms with van der Waals surface area (Å²) >= 11 is 1.44. The SMILES string of the molecule is CCC(CC)c1nnc(NC(=O)c2ccc(OC)cc2)s1. The molecule has 1 N–H and O–H groups in total. The highest BCUT2D eigenvalue weighted by molar-refractivity contribution is 7.15. The van der Waals surface area contributed by atoms with Gasteiger partial charge in [0, 0.05) is 11.5 Å². The van der Waals surface area contributed by atoms with E-state index in [4.69, 9.17) is 4.74 Å². The van der Waals surface area contributed by atoms with Crippen molar-refractivity contribution in [2.24, 2.45) is 0 Å². The second kappa shape index (κ2) is 7.17. The van der Waals surface area contributed by atoms with Gasteiger partial charge in [0.1, 0.15) is 10.8 Å². The number of carbonyl (C=O) groups is 1. The van der Waals surface area contributed by atoms with Crippen molar-refractivity contribution in [3.8, 4) is 5.75 Å². The molecule has 0 aliphatic heterocycles. The molecule has 0 radical (unpaired) electrons. The average molecular weight is 305 g/mol. The van der Waals surface area contributed by atoms with Gasteiger partial charge in [-0.05, 0) is 37.1 Å². The molecule has 0 unspecified atom stereocenters. The Morgan fingerprint density at radius 2 is 1.90 bits per heavy atom. The van der Waals surface area contributed by atoms with Gasteiger partial charge >= 0.3 is 0 Å². The number of anilines is 1.